The van der Waals surface area contributed by atoms with Crippen LogP contribution < -0.4 is 10.2 Å². The van der Waals surface area contributed by atoms with Gasteiger partial charge in [-0.15, -0.1) is 0 Å². The predicted octanol–water partition coefficient (Wildman–Crippen LogP) is 4.41. The fourth-order valence-corrected chi connectivity index (χ4v) is 4.27. The number of hydrogen-bond acceptors (Lipinski definition) is 4. The van der Waals surface area contributed by atoms with Gasteiger partial charge in [0.05, 0.1) is 17.7 Å². The monoisotopic (exact) mass is 489 g/mol. The molecule has 2 aromatic carbocycles. The molecule has 4 rings (SSSR count). The Labute approximate surface area is 204 Å². The van der Waals surface area contributed by atoms with E-state index in [4.69, 9.17) is 14.0 Å². The van der Waals surface area contributed by atoms with Gasteiger partial charge in [-0.25, -0.2) is 13.2 Å². The van der Waals surface area contributed by atoms with E-state index >= 15 is 0 Å². The third kappa shape index (κ3) is 5.67. The number of rotatable bonds is 7. The fourth-order valence-electron chi connectivity index (χ4n) is 4.27. The van der Waals surface area contributed by atoms with Gasteiger partial charge in [-0.05, 0) is 69.8 Å². The topological polar surface area (TPSA) is 48.0 Å². The second kappa shape index (κ2) is 9.86. The minimum atomic E-state index is -1.21. The number of benzene rings is 2. The molecule has 2 fully saturated rings. The summed E-state index contributed by atoms with van der Waals surface area (Å²) in [6.45, 7) is 9.10. The lowest BCUT2D eigenvalue weighted by molar-refractivity contribution is -0.130. The number of hydrogen-bond donors (Lipinski definition) is 0. The zero-order chi connectivity index (χ0) is 25.4. The van der Waals surface area contributed by atoms with Crippen LogP contribution in [0, 0.1) is 17.5 Å². The maximum Gasteiger partial charge on any atom is 0.494 e. The van der Waals surface area contributed by atoms with Gasteiger partial charge < -0.3 is 18.9 Å². The third-order valence-electron chi connectivity index (χ3n) is 7.13. The van der Waals surface area contributed by atoms with E-state index in [-0.39, 0.29) is 30.4 Å². The van der Waals surface area contributed by atoms with Crippen LogP contribution in [0.25, 0.3) is 0 Å². The number of nitrogens with zero attached hydrogens (tertiary/aromatic N) is 1. The zero-order valence-electron chi connectivity index (χ0n) is 20.6. The number of carbonyl (C=O) groups excluding carboxylic acids is 1. The third-order valence-corrected chi connectivity index (χ3v) is 7.13. The summed E-state index contributed by atoms with van der Waals surface area (Å²) in [5.41, 5.74) is 0.173. The SMILES string of the molecule is CC1(C)OB(c2ccc(OC3CCN(C(=O)CCCc4cc(F)c(F)cc4F)C3)cc2)OC1(C)C. The van der Waals surface area contributed by atoms with E-state index in [1.807, 2.05) is 52.0 Å². The van der Waals surface area contributed by atoms with E-state index < -0.39 is 35.8 Å². The van der Waals surface area contributed by atoms with E-state index in [0.29, 0.717) is 37.7 Å². The van der Waals surface area contributed by atoms with Crippen LogP contribution >= 0.6 is 0 Å². The Morgan fingerprint density at radius 1 is 1.03 bits per heavy atom. The Morgan fingerprint density at radius 2 is 1.66 bits per heavy atom. The summed E-state index contributed by atoms with van der Waals surface area (Å²) in [5.74, 6) is -2.45. The van der Waals surface area contributed by atoms with Crippen molar-refractivity contribution < 1.29 is 32.0 Å². The average molecular weight is 489 g/mol. The molecule has 1 atom stereocenters. The molecule has 2 heterocycles. The van der Waals surface area contributed by atoms with Gasteiger partial charge in [0.1, 0.15) is 17.7 Å². The molecule has 9 heteroatoms. The van der Waals surface area contributed by atoms with Crippen LogP contribution in [0.3, 0.4) is 0 Å². The lowest BCUT2D eigenvalue weighted by Gasteiger charge is -2.32. The fraction of sp³-hybridized carbons (Fsp3) is 0.500. The molecule has 1 unspecified atom stereocenters. The molecule has 0 spiro atoms. The van der Waals surface area contributed by atoms with Gasteiger partial charge in [0.25, 0.3) is 0 Å². The average Bonchev–Trinajstić information content (AvgIpc) is 3.33. The van der Waals surface area contributed by atoms with E-state index in [1.165, 1.54) is 0 Å². The smallest absolute Gasteiger partial charge is 0.489 e. The highest BCUT2D eigenvalue weighted by Crippen LogP contribution is 2.36. The summed E-state index contributed by atoms with van der Waals surface area (Å²) in [6.07, 6.45) is 1.31. The number of halogens is 3. The first-order valence-corrected chi connectivity index (χ1v) is 12.0. The highest BCUT2D eigenvalue weighted by Gasteiger charge is 2.51. The van der Waals surface area contributed by atoms with Gasteiger partial charge in [0, 0.05) is 25.5 Å². The number of likely N-dealkylation sites (tertiary alicyclic amines) is 1. The minimum absolute atomic E-state index is 0.0600. The summed E-state index contributed by atoms with van der Waals surface area (Å²) in [4.78, 5) is 14.3. The summed E-state index contributed by atoms with van der Waals surface area (Å²) < 4.78 is 58.4. The maximum atomic E-state index is 13.8. The van der Waals surface area contributed by atoms with Gasteiger partial charge in [-0.3, -0.25) is 4.79 Å². The summed E-state index contributed by atoms with van der Waals surface area (Å²) in [7, 11) is -0.437. The Bertz CT molecular complexity index is 1060. The van der Waals surface area contributed by atoms with Gasteiger partial charge in [0.15, 0.2) is 11.6 Å². The number of amides is 1. The molecule has 1 amide bonds. The van der Waals surface area contributed by atoms with Gasteiger partial charge >= 0.3 is 7.12 Å². The molecule has 0 saturated carbocycles. The standard InChI is InChI=1S/C26H31BF3NO4/c1-25(2)26(3,4)35-27(34-25)18-8-10-19(11-9-18)33-20-12-13-31(16-20)24(32)7-5-6-17-14-22(29)23(30)15-21(17)28/h8-11,14-15,20H,5-7,12-13,16H2,1-4H3. The van der Waals surface area contributed by atoms with Crippen molar-refractivity contribution in [1.29, 1.82) is 0 Å². The van der Waals surface area contributed by atoms with Crippen LogP contribution in [0.15, 0.2) is 36.4 Å². The quantitative estimate of drug-likeness (QED) is 0.427. The summed E-state index contributed by atoms with van der Waals surface area (Å²) >= 11 is 0. The normalized spacial score (nSPS) is 20.9. The highest BCUT2D eigenvalue weighted by molar-refractivity contribution is 6.62. The van der Waals surface area contributed by atoms with Crippen molar-refractivity contribution >= 4 is 18.5 Å². The molecule has 2 saturated heterocycles. The highest BCUT2D eigenvalue weighted by atomic mass is 19.2. The van der Waals surface area contributed by atoms with Crippen molar-refractivity contribution in [2.24, 2.45) is 0 Å². The molecule has 0 aromatic heterocycles. The number of carbonyl (C=O) groups is 1. The second-order valence-electron chi connectivity index (χ2n) is 10.2. The predicted molar refractivity (Wildman–Crippen MR) is 127 cm³/mol. The van der Waals surface area contributed by atoms with Crippen LogP contribution in [0.5, 0.6) is 5.75 Å². The van der Waals surface area contributed by atoms with Crippen LogP contribution in [0.1, 0.15) is 52.5 Å². The molecular weight excluding hydrogens is 458 g/mol. The molecule has 35 heavy (non-hydrogen) atoms. The van der Waals surface area contributed by atoms with Crippen LogP contribution in [0.2, 0.25) is 0 Å². The van der Waals surface area contributed by atoms with Crippen molar-refractivity contribution in [2.75, 3.05) is 13.1 Å². The van der Waals surface area contributed by atoms with Gasteiger partial charge in [-0.1, -0.05) is 12.1 Å². The van der Waals surface area contributed by atoms with Gasteiger partial charge in [-0.2, -0.15) is 0 Å². The molecule has 0 N–H and O–H groups in total. The van der Waals surface area contributed by atoms with Crippen molar-refractivity contribution in [3.8, 4) is 5.75 Å². The molecule has 0 radical (unpaired) electrons. The van der Waals surface area contributed by atoms with Crippen molar-refractivity contribution in [3.05, 3.63) is 59.4 Å². The molecule has 188 valence electrons. The van der Waals surface area contributed by atoms with E-state index in [0.717, 1.165) is 11.5 Å². The second-order valence-corrected chi connectivity index (χ2v) is 10.2. The minimum Gasteiger partial charge on any atom is -0.489 e. The van der Waals surface area contributed by atoms with E-state index in [2.05, 4.69) is 0 Å². The zero-order valence-corrected chi connectivity index (χ0v) is 20.6. The molecule has 2 aromatic rings. The first kappa shape index (κ1) is 25.6. The van der Waals surface area contributed by atoms with E-state index in [9.17, 15) is 18.0 Å². The van der Waals surface area contributed by atoms with Crippen molar-refractivity contribution in [1.82, 2.24) is 4.90 Å². The van der Waals surface area contributed by atoms with Crippen molar-refractivity contribution in [2.45, 2.75) is 70.7 Å². The van der Waals surface area contributed by atoms with Crippen LogP contribution in [-0.4, -0.2) is 48.3 Å². The Balaban J connectivity index is 1.24. The Hall–Kier alpha value is -2.52. The largest absolute Gasteiger partial charge is 0.494 e. The van der Waals surface area contributed by atoms with Gasteiger partial charge in [0.2, 0.25) is 5.91 Å². The van der Waals surface area contributed by atoms with Crippen LogP contribution in [-0.2, 0) is 20.5 Å². The van der Waals surface area contributed by atoms with E-state index in [1.54, 1.807) is 4.90 Å². The molecule has 2 aliphatic rings. The Kier molecular flexibility index (Phi) is 7.20. The summed E-state index contributed by atoms with van der Waals surface area (Å²) in [6, 6.07) is 8.99. The lowest BCUT2D eigenvalue weighted by atomic mass is 9.79. The first-order chi connectivity index (χ1) is 16.4. The first-order valence-electron chi connectivity index (χ1n) is 12.0. The van der Waals surface area contributed by atoms with Crippen molar-refractivity contribution in [3.63, 3.8) is 0 Å². The Morgan fingerprint density at radius 3 is 2.31 bits per heavy atom. The molecule has 5 nitrogen and oxygen atoms in total. The summed E-state index contributed by atoms with van der Waals surface area (Å²) in [5, 5.41) is 0. The molecular formula is C26H31BF3NO4. The molecule has 2 aliphatic heterocycles. The number of aryl methyl sites for hydroxylation is 1. The molecule has 0 aliphatic carbocycles. The maximum absolute atomic E-state index is 13.8. The lowest BCUT2D eigenvalue weighted by Crippen LogP contribution is -2.41. The molecule has 0 bridgehead atoms. The number of ether oxygens (including phenoxy) is 1. The van der Waals surface area contributed by atoms with Crippen LogP contribution in [0.4, 0.5) is 13.2 Å².